The van der Waals surface area contributed by atoms with Gasteiger partial charge in [0.05, 0.1) is 5.56 Å². The molecule has 0 aliphatic rings. The number of ether oxygens (including phenoxy) is 1. The van der Waals surface area contributed by atoms with Crippen molar-refractivity contribution in [3.05, 3.63) is 63.4 Å². The first-order chi connectivity index (χ1) is 9.49. The molecule has 5 heteroatoms. The highest BCUT2D eigenvalue weighted by atomic mass is 79.9. The maximum Gasteiger partial charge on any atom is 0.140 e. The molecule has 0 radical (unpaired) electrons. The van der Waals surface area contributed by atoms with Crippen LogP contribution in [-0.4, -0.2) is 5.84 Å². The van der Waals surface area contributed by atoms with E-state index in [9.17, 15) is 4.39 Å². The summed E-state index contributed by atoms with van der Waals surface area (Å²) >= 11 is 3.38. The van der Waals surface area contributed by atoms with E-state index in [1.54, 1.807) is 12.1 Å². The molecule has 0 amide bonds. The van der Waals surface area contributed by atoms with Gasteiger partial charge in [-0.15, -0.1) is 0 Å². The zero-order valence-corrected chi connectivity index (χ0v) is 12.5. The highest BCUT2D eigenvalue weighted by molar-refractivity contribution is 9.10. The van der Waals surface area contributed by atoms with Gasteiger partial charge in [0.1, 0.15) is 24.0 Å². The lowest BCUT2D eigenvalue weighted by Gasteiger charge is -2.11. The number of benzene rings is 2. The van der Waals surface area contributed by atoms with E-state index in [4.69, 9.17) is 15.9 Å². The SMILES string of the molecule is Cc1cc(Br)ccc1OCc1cccc(C(=N)N)c1F. The molecule has 0 heterocycles. The number of aryl methyl sites for hydroxylation is 1. The van der Waals surface area contributed by atoms with Gasteiger partial charge in [0, 0.05) is 10.0 Å². The molecule has 0 unspecified atom stereocenters. The fourth-order valence-electron chi connectivity index (χ4n) is 1.83. The van der Waals surface area contributed by atoms with Crippen molar-refractivity contribution < 1.29 is 9.13 Å². The third-order valence-corrected chi connectivity index (χ3v) is 3.38. The Balaban J connectivity index is 2.19. The van der Waals surface area contributed by atoms with E-state index >= 15 is 0 Å². The van der Waals surface area contributed by atoms with Crippen molar-refractivity contribution in [1.82, 2.24) is 0 Å². The van der Waals surface area contributed by atoms with Gasteiger partial charge in [0.2, 0.25) is 0 Å². The molecule has 0 aliphatic heterocycles. The Labute approximate surface area is 125 Å². The van der Waals surface area contributed by atoms with E-state index in [1.807, 2.05) is 25.1 Å². The van der Waals surface area contributed by atoms with E-state index in [1.165, 1.54) is 6.07 Å². The van der Waals surface area contributed by atoms with Crippen molar-refractivity contribution in [1.29, 1.82) is 5.41 Å². The maximum atomic E-state index is 14.1. The van der Waals surface area contributed by atoms with Crippen molar-refractivity contribution in [3.8, 4) is 5.75 Å². The predicted molar refractivity (Wildman–Crippen MR) is 80.6 cm³/mol. The molecule has 2 rings (SSSR count). The highest BCUT2D eigenvalue weighted by Gasteiger charge is 2.11. The molecule has 20 heavy (non-hydrogen) atoms. The maximum absolute atomic E-state index is 14.1. The largest absolute Gasteiger partial charge is 0.489 e. The first-order valence-electron chi connectivity index (χ1n) is 6.00. The zero-order valence-electron chi connectivity index (χ0n) is 10.9. The summed E-state index contributed by atoms with van der Waals surface area (Å²) in [6, 6.07) is 10.4. The fourth-order valence-corrected chi connectivity index (χ4v) is 2.31. The number of rotatable bonds is 4. The van der Waals surface area contributed by atoms with Crippen LogP contribution in [0.4, 0.5) is 4.39 Å². The van der Waals surface area contributed by atoms with Gasteiger partial charge in [0.25, 0.3) is 0 Å². The topological polar surface area (TPSA) is 59.1 Å². The van der Waals surface area contributed by atoms with Gasteiger partial charge in [-0.2, -0.15) is 0 Å². The summed E-state index contributed by atoms with van der Waals surface area (Å²) < 4.78 is 20.7. The van der Waals surface area contributed by atoms with Crippen LogP contribution in [0.25, 0.3) is 0 Å². The van der Waals surface area contributed by atoms with Crippen LogP contribution in [0, 0.1) is 18.2 Å². The average molecular weight is 337 g/mol. The number of nitrogens with two attached hydrogens (primary N) is 1. The van der Waals surface area contributed by atoms with Gasteiger partial charge in [0.15, 0.2) is 0 Å². The van der Waals surface area contributed by atoms with Gasteiger partial charge in [-0.3, -0.25) is 5.41 Å². The Bertz CT molecular complexity index is 658. The molecule has 0 aliphatic carbocycles. The molecule has 3 N–H and O–H groups in total. The average Bonchev–Trinajstić information content (AvgIpc) is 2.39. The van der Waals surface area contributed by atoms with Crippen LogP contribution in [0.1, 0.15) is 16.7 Å². The van der Waals surface area contributed by atoms with E-state index < -0.39 is 5.82 Å². The van der Waals surface area contributed by atoms with Crippen molar-refractivity contribution in [2.45, 2.75) is 13.5 Å². The molecule has 0 atom stereocenters. The predicted octanol–water partition coefficient (Wildman–Crippen LogP) is 3.76. The first kappa shape index (κ1) is 14.5. The van der Waals surface area contributed by atoms with Crippen molar-refractivity contribution >= 4 is 21.8 Å². The minimum atomic E-state index is -0.505. The van der Waals surface area contributed by atoms with Crippen molar-refractivity contribution in [2.24, 2.45) is 5.73 Å². The second-order valence-electron chi connectivity index (χ2n) is 4.39. The van der Waals surface area contributed by atoms with Gasteiger partial charge < -0.3 is 10.5 Å². The number of amidine groups is 1. The molecule has 3 nitrogen and oxygen atoms in total. The molecule has 0 saturated heterocycles. The molecular formula is C15H14BrFN2O. The zero-order chi connectivity index (χ0) is 14.7. The lowest BCUT2D eigenvalue weighted by atomic mass is 10.1. The van der Waals surface area contributed by atoms with Crippen LogP contribution in [0.3, 0.4) is 0 Å². The Hall–Kier alpha value is -1.88. The molecule has 0 bridgehead atoms. The van der Waals surface area contributed by atoms with Gasteiger partial charge in [-0.25, -0.2) is 4.39 Å². The second kappa shape index (κ2) is 6.05. The van der Waals surface area contributed by atoms with E-state index in [0.29, 0.717) is 11.3 Å². The fraction of sp³-hybridized carbons (Fsp3) is 0.133. The van der Waals surface area contributed by atoms with Crippen LogP contribution in [0.15, 0.2) is 40.9 Å². The summed E-state index contributed by atoms with van der Waals surface area (Å²) in [4.78, 5) is 0. The number of nitrogens with one attached hydrogen (secondary N) is 1. The minimum Gasteiger partial charge on any atom is -0.489 e. The summed E-state index contributed by atoms with van der Waals surface area (Å²) in [6.07, 6.45) is 0. The van der Waals surface area contributed by atoms with Crippen LogP contribution in [0.5, 0.6) is 5.75 Å². The monoisotopic (exact) mass is 336 g/mol. The Morgan fingerprint density at radius 1 is 1.35 bits per heavy atom. The van der Waals surface area contributed by atoms with Gasteiger partial charge in [-0.05, 0) is 36.8 Å². The van der Waals surface area contributed by atoms with Crippen molar-refractivity contribution in [3.63, 3.8) is 0 Å². The van der Waals surface area contributed by atoms with Crippen LogP contribution < -0.4 is 10.5 Å². The summed E-state index contributed by atoms with van der Waals surface area (Å²) in [5, 5.41) is 7.32. The molecule has 104 valence electrons. The summed E-state index contributed by atoms with van der Waals surface area (Å²) in [5.41, 5.74) is 6.76. The molecule has 0 aromatic heterocycles. The van der Waals surface area contributed by atoms with E-state index in [0.717, 1.165) is 10.0 Å². The highest BCUT2D eigenvalue weighted by Crippen LogP contribution is 2.23. The number of halogens is 2. The van der Waals surface area contributed by atoms with Crippen molar-refractivity contribution in [2.75, 3.05) is 0 Å². The Kier molecular flexibility index (Phi) is 4.39. The van der Waals surface area contributed by atoms with Crippen LogP contribution in [-0.2, 0) is 6.61 Å². The summed E-state index contributed by atoms with van der Waals surface area (Å²) in [5.74, 6) is -0.0974. The van der Waals surface area contributed by atoms with E-state index in [-0.39, 0.29) is 18.0 Å². The number of hydrogen-bond donors (Lipinski definition) is 2. The lowest BCUT2D eigenvalue weighted by Crippen LogP contribution is -2.14. The molecule has 0 saturated carbocycles. The Morgan fingerprint density at radius 2 is 2.10 bits per heavy atom. The number of hydrogen-bond acceptors (Lipinski definition) is 2. The van der Waals surface area contributed by atoms with Gasteiger partial charge >= 0.3 is 0 Å². The smallest absolute Gasteiger partial charge is 0.140 e. The van der Waals surface area contributed by atoms with Gasteiger partial charge in [-0.1, -0.05) is 28.1 Å². The molecule has 0 spiro atoms. The molecule has 0 fully saturated rings. The normalized spacial score (nSPS) is 10.3. The summed E-state index contributed by atoms with van der Waals surface area (Å²) in [6.45, 7) is 2.01. The summed E-state index contributed by atoms with van der Waals surface area (Å²) in [7, 11) is 0. The Morgan fingerprint density at radius 3 is 2.75 bits per heavy atom. The molecule has 2 aromatic carbocycles. The standard InChI is InChI=1S/C15H14BrFN2O/c1-9-7-11(16)5-6-13(9)20-8-10-3-2-4-12(14(10)17)15(18)19/h2-7H,8H2,1H3,(H3,18,19). The van der Waals surface area contributed by atoms with Crippen LogP contribution >= 0.6 is 15.9 Å². The minimum absolute atomic E-state index is 0.0927. The second-order valence-corrected chi connectivity index (χ2v) is 5.31. The first-order valence-corrected chi connectivity index (χ1v) is 6.79. The molecule has 2 aromatic rings. The van der Waals surface area contributed by atoms with Crippen LogP contribution in [0.2, 0.25) is 0 Å². The van der Waals surface area contributed by atoms with E-state index in [2.05, 4.69) is 15.9 Å². The quantitative estimate of drug-likeness (QED) is 0.659. The number of nitrogen functional groups attached to an aromatic ring is 1. The third kappa shape index (κ3) is 3.17. The third-order valence-electron chi connectivity index (χ3n) is 2.89. The molecular weight excluding hydrogens is 323 g/mol. The lowest BCUT2D eigenvalue weighted by molar-refractivity contribution is 0.297.